The molecular weight excluding hydrogens is 342 g/mol. The molecule has 0 amide bonds. The van der Waals surface area contributed by atoms with Gasteiger partial charge in [0.1, 0.15) is 30.0 Å². The average molecular weight is 371 g/mol. The summed E-state index contributed by atoms with van der Waals surface area (Å²) in [6.45, 7) is 5.00. The van der Waals surface area contributed by atoms with Crippen LogP contribution in [0.3, 0.4) is 0 Å². The Hall–Kier alpha value is -2.31. The lowest BCUT2D eigenvalue weighted by atomic mass is 10.1. The third-order valence-corrected chi connectivity index (χ3v) is 4.58. The molecule has 1 unspecified atom stereocenters. The van der Waals surface area contributed by atoms with Crippen molar-refractivity contribution in [2.75, 3.05) is 34.4 Å². The lowest BCUT2D eigenvalue weighted by Gasteiger charge is -2.15. The van der Waals surface area contributed by atoms with Crippen molar-refractivity contribution in [1.82, 2.24) is 15.2 Å². The van der Waals surface area contributed by atoms with Gasteiger partial charge in [-0.05, 0) is 39.2 Å². The van der Waals surface area contributed by atoms with E-state index in [-0.39, 0.29) is 6.10 Å². The van der Waals surface area contributed by atoms with Crippen LogP contribution in [0.2, 0.25) is 0 Å². The van der Waals surface area contributed by atoms with E-state index < -0.39 is 0 Å². The van der Waals surface area contributed by atoms with Gasteiger partial charge in [-0.25, -0.2) is 0 Å². The first kappa shape index (κ1) is 19.5. The number of likely N-dealkylation sites (N-methyl/N-ethyl adjacent to an activating group) is 1. The van der Waals surface area contributed by atoms with E-state index in [0.717, 1.165) is 41.3 Å². The van der Waals surface area contributed by atoms with Crippen LogP contribution in [0.4, 0.5) is 0 Å². The highest BCUT2D eigenvalue weighted by Gasteiger charge is 2.23. The number of pyridine rings is 1. The second kappa shape index (κ2) is 9.06. The zero-order valence-electron chi connectivity index (χ0n) is 16.6. The van der Waals surface area contributed by atoms with Gasteiger partial charge in [-0.2, -0.15) is 0 Å². The third-order valence-electron chi connectivity index (χ3n) is 4.58. The molecule has 1 aromatic heterocycles. The summed E-state index contributed by atoms with van der Waals surface area (Å²) in [5.74, 6) is 2.69. The van der Waals surface area contributed by atoms with Crippen LogP contribution in [0.15, 0.2) is 30.6 Å². The number of nitrogens with one attached hydrogen (secondary N) is 1. The Bertz CT molecular complexity index is 764. The van der Waals surface area contributed by atoms with Crippen molar-refractivity contribution in [2.45, 2.75) is 32.5 Å². The van der Waals surface area contributed by atoms with Gasteiger partial charge in [0.25, 0.3) is 0 Å². The van der Waals surface area contributed by atoms with Crippen molar-refractivity contribution in [2.24, 2.45) is 0 Å². The van der Waals surface area contributed by atoms with E-state index in [9.17, 15) is 0 Å². The summed E-state index contributed by atoms with van der Waals surface area (Å²) >= 11 is 0. The van der Waals surface area contributed by atoms with Crippen LogP contribution in [-0.4, -0.2) is 50.3 Å². The standard InChI is InChI=1S/C21H29N3O3/c1-15-9-17-10-19(25-4)11-18(21(17)27-15)13-23-12-16-5-6-22-14-20(16)26-8-7-24(2)3/h5-6,10-11,14-15,23H,7-9,12-13H2,1-4H3. The maximum Gasteiger partial charge on any atom is 0.142 e. The highest BCUT2D eigenvalue weighted by atomic mass is 16.5. The molecule has 1 aromatic carbocycles. The first-order chi connectivity index (χ1) is 13.1. The Kier molecular flexibility index (Phi) is 6.53. The van der Waals surface area contributed by atoms with Crippen LogP contribution in [0.25, 0.3) is 0 Å². The summed E-state index contributed by atoms with van der Waals surface area (Å²) in [6, 6.07) is 6.11. The number of methoxy groups -OCH3 is 1. The highest BCUT2D eigenvalue weighted by Crippen LogP contribution is 2.36. The number of benzene rings is 1. The number of fused-ring (bicyclic) bond motifs is 1. The summed E-state index contributed by atoms with van der Waals surface area (Å²) in [5, 5.41) is 3.50. The summed E-state index contributed by atoms with van der Waals surface area (Å²) in [5.41, 5.74) is 3.44. The highest BCUT2D eigenvalue weighted by molar-refractivity contribution is 5.49. The van der Waals surface area contributed by atoms with Crippen LogP contribution in [0.1, 0.15) is 23.6 Å². The van der Waals surface area contributed by atoms with Crippen molar-refractivity contribution in [3.05, 3.63) is 47.3 Å². The van der Waals surface area contributed by atoms with Gasteiger partial charge in [0.15, 0.2) is 0 Å². The van der Waals surface area contributed by atoms with Crippen molar-refractivity contribution in [3.8, 4) is 17.2 Å². The molecule has 0 radical (unpaired) electrons. The minimum absolute atomic E-state index is 0.211. The average Bonchev–Trinajstić information content (AvgIpc) is 3.02. The summed E-state index contributed by atoms with van der Waals surface area (Å²) in [6.07, 6.45) is 4.71. The monoisotopic (exact) mass is 371 g/mol. The summed E-state index contributed by atoms with van der Waals surface area (Å²) in [7, 11) is 5.77. The minimum Gasteiger partial charge on any atom is -0.497 e. The largest absolute Gasteiger partial charge is 0.497 e. The normalized spacial score (nSPS) is 15.5. The van der Waals surface area contributed by atoms with Gasteiger partial charge >= 0.3 is 0 Å². The van der Waals surface area contributed by atoms with Gasteiger partial charge in [0, 0.05) is 48.9 Å². The molecule has 1 aliphatic heterocycles. The van der Waals surface area contributed by atoms with E-state index in [1.54, 1.807) is 19.5 Å². The zero-order valence-corrected chi connectivity index (χ0v) is 16.6. The fourth-order valence-corrected chi connectivity index (χ4v) is 3.18. The van der Waals surface area contributed by atoms with Crippen molar-refractivity contribution in [1.29, 1.82) is 0 Å². The van der Waals surface area contributed by atoms with Crippen molar-refractivity contribution >= 4 is 0 Å². The predicted octanol–water partition coefficient (Wildman–Crippen LogP) is 2.64. The van der Waals surface area contributed by atoms with E-state index in [1.807, 2.05) is 26.2 Å². The Balaban J connectivity index is 1.63. The maximum atomic E-state index is 6.00. The van der Waals surface area contributed by atoms with Crippen LogP contribution < -0.4 is 19.5 Å². The molecule has 0 aliphatic carbocycles. The second-order valence-corrected chi connectivity index (χ2v) is 7.15. The fourth-order valence-electron chi connectivity index (χ4n) is 3.18. The molecule has 2 heterocycles. The molecule has 0 saturated carbocycles. The predicted molar refractivity (Wildman–Crippen MR) is 106 cm³/mol. The molecule has 1 atom stereocenters. The molecule has 0 bridgehead atoms. The van der Waals surface area contributed by atoms with Gasteiger partial charge < -0.3 is 24.4 Å². The molecule has 146 valence electrons. The molecule has 3 rings (SSSR count). The van der Waals surface area contributed by atoms with E-state index in [0.29, 0.717) is 19.7 Å². The van der Waals surface area contributed by atoms with E-state index in [2.05, 4.69) is 28.2 Å². The van der Waals surface area contributed by atoms with Crippen molar-refractivity contribution < 1.29 is 14.2 Å². The van der Waals surface area contributed by atoms with Gasteiger partial charge in [0.2, 0.25) is 0 Å². The Morgan fingerprint density at radius 1 is 1.26 bits per heavy atom. The lowest BCUT2D eigenvalue weighted by molar-refractivity contribution is 0.252. The van der Waals surface area contributed by atoms with Crippen LogP contribution in [0.5, 0.6) is 17.2 Å². The molecule has 1 aliphatic rings. The molecule has 6 nitrogen and oxygen atoms in total. The molecule has 1 N–H and O–H groups in total. The Morgan fingerprint density at radius 2 is 2.07 bits per heavy atom. The van der Waals surface area contributed by atoms with Crippen LogP contribution in [-0.2, 0) is 19.5 Å². The maximum absolute atomic E-state index is 6.00. The molecule has 0 spiro atoms. The topological polar surface area (TPSA) is 55.8 Å². The Morgan fingerprint density at radius 3 is 2.85 bits per heavy atom. The number of hydrogen-bond donors (Lipinski definition) is 1. The molecule has 0 saturated heterocycles. The zero-order chi connectivity index (χ0) is 19.2. The fraction of sp³-hybridized carbons (Fsp3) is 0.476. The van der Waals surface area contributed by atoms with Gasteiger partial charge in [-0.15, -0.1) is 0 Å². The SMILES string of the molecule is COc1cc(CNCc2ccncc2OCCN(C)C)c2c(c1)CC(C)O2. The van der Waals surface area contributed by atoms with E-state index in [4.69, 9.17) is 14.2 Å². The minimum atomic E-state index is 0.211. The quantitative estimate of drug-likeness (QED) is 0.731. The first-order valence-electron chi connectivity index (χ1n) is 9.34. The van der Waals surface area contributed by atoms with E-state index in [1.165, 1.54) is 5.56 Å². The number of aromatic nitrogens is 1. The van der Waals surface area contributed by atoms with Crippen LogP contribution in [0, 0.1) is 0 Å². The summed E-state index contributed by atoms with van der Waals surface area (Å²) in [4.78, 5) is 6.28. The second-order valence-electron chi connectivity index (χ2n) is 7.15. The molecule has 0 fully saturated rings. The molecule has 2 aromatic rings. The number of ether oxygens (including phenoxy) is 3. The molecule has 27 heavy (non-hydrogen) atoms. The molecular formula is C21H29N3O3. The summed E-state index contributed by atoms with van der Waals surface area (Å²) < 4.78 is 17.3. The third kappa shape index (κ3) is 5.11. The first-order valence-corrected chi connectivity index (χ1v) is 9.34. The van der Waals surface area contributed by atoms with Gasteiger partial charge in [0.05, 0.1) is 13.3 Å². The number of nitrogens with zero attached hydrogens (tertiary/aromatic N) is 2. The number of rotatable bonds is 9. The van der Waals surface area contributed by atoms with E-state index >= 15 is 0 Å². The Labute approximate surface area is 161 Å². The van der Waals surface area contributed by atoms with Crippen LogP contribution >= 0.6 is 0 Å². The van der Waals surface area contributed by atoms with Gasteiger partial charge in [-0.3, -0.25) is 4.98 Å². The number of hydrogen-bond acceptors (Lipinski definition) is 6. The van der Waals surface area contributed by atoms with Crippen molar-refractivity contribution in [3.63, 3.8) is 0 Å². The smallest absolute Gasteiger partial charge is 0.142 e. The molecule has 6 heteroatoms. The lowest BCUT2D eigenvalue weighted by Crippen LogP contribution is -2.20. The van der Waals surface area contributed by atoms with Gasteiger partial charge in [-0.1, -0.05) is 0 Å².